The number of nitrogens with zero attached hydrogens (tertiary/aromatic N) is 1. The van der Waals surface area contributed by atoms with E-state index in [1.165, 1.54) is 0 Å². The smallest absolute Gasteiger partial charge is 0.335 e. The van der Waals surface area contributed by atoms with E-state index in [1.54, 1.807) is 19.2 Å². The molecule has 1 heterocycles. The third-order valence-corrected chi connectivity index (χ3v) is 3.48. The molecule has 1 fully saturated rings. The summed E-state index contributed by atoms with van der Waals surface area (Å²) in [7, 11) is 1.77. The van der Waals surface area contributed by atoms with Gasteiger partial charge in [-0.1, -0.05) is 12.1 Å². The van der Waals surface area contributed by atoms with Gasteiger partial charge in [0, 0.05) is 26.7 Å². The number of hydrogen-bond donors (Lipinski definition) is 1. The standard InChI is InChI=1S/C14H19NO3.ClH/c1-18-13-6-8-15(9-7-13)10-11-2-4-12(5-3-11)14(16)17;/h2-5,13H,6-10H2,1H3,(H,16,17);1H. The van der Waals surface area contributed by atoms with Crippen molar-refractivity contribution in [2.45, 2.75) is 25.5 Å². The molecule has 0 amide bonds. The van der Waals surface area contributed by atoms with Crippen LogP contribution in [0.3, 0.4) is 0 Å². The maximum atomic E-state index is 10.7. The fraction of sp³-hybridized carbons (Fsp3) is 0.500. The lowest BCUT2D eigenvalue weighted by Gasteiger charge is -2.31. The first-order chi connectivity index (χ1) is 8.69. The Labute approximate surface area is 119 Å². The number of carboxylic acids is 1. The summed E-state index contributed by atoms with van der Waals surface area (Å²) >= 11 is 0. The molecule has 19 heavy (non-hydrogen) atoms. The number of piperidine rings is 1. The zero-order valence-electron chi connectivity index (χ0n) is 11.0. The van der Waals surface area contributed by atoms with Crippen molar-refractivity contribution in [1.82, 2.24) is 4.90 Å². The number of benzene rings is 1. The molecule has 0 saturated carbocycles. The molecule has 106 valence electrons. The average Bonchev–Trinajstić information content (AvgIpc) is 2.40. The highest BCUT2D eigenvalue weighted by molar-refractivity contribution is 5.87. The van der Waals surface area contributed by atoms with Gasteiger partial charge < -0.3 is 9.84 Å². The first-order valence-electron chi connectivity index (χ1n) is 6.26. The van der Waals surface area contributed by atoms with Crippen molar-refractivity contribution in [2.75, 3.05) is 20.2 Å². The fourth-order valence-electron chi connectivity index (χ4n) is 2.31. The van der Waals surface area contributed by atoms with Gasteiger partial charge >= 0.3 is 5.97 Å². The molecule has 1 saturated heterocycles. The maximum absolute atomic E-state index is 10.7. The second-order valence-corrected chi connectivity index (χ2v) is 4.71. The summed E-state index contributed by atoms with van der Waals surface area (Å²) in [5.74, 6) is -0.873. The normalized spacial score (nSPS) is 16.9. The molecule has 1 N–H and O–H groups in total. The summed E-state index contributed by atoms with van der Waals surface area (Å²) < 4.78 is 5.34. The van der Waals surface area contributed by atoms with Crippen LogP contribution in [0.15, 0.2) is 24.3 Å². The van der Waals surface area contributed by atoms with Crippen LogP contribution in [0.25, 0.3) is 0 Å². The minimum Gasteiger partial charge on any atom is -0.478 e. The zero-order chi connectivity index (χ0) is 13.0. The Kier molecular flexibility index (Phi) is 6.28. The Hall–Kier alpha value is -1.10. The van der Waals surface area contributed by atoms with Crippen LogP contribution in [0.5, 0.6) is 0 Å². The van der Waals surface area contributed by atoms with Gasteiger partial charge in [0.2, 0.25) is 0 Å². The SMILES string of the molecule is COC1CCN(Cc2ccc(C(=O)O)cc2)CC1.Cl. The highest BCUT2D eigenvalue weighted by atomic mass is 35.5. The van der Waals surface area contributed by atoms with Crippen LogP contribution in [-0.2, 0) is 11.3 Å². The summed E-state index contributed by atoms with van der Waals surface area (Å²) in [5, 5.41) is 8.83. The van der Waals surface area contributed by atoms with Crippen molar-refractivity contribution in [3.05, 3.63) is 35.4 Å². The molecule has 5 heteroatoms. The topological polar surface area (TPSA) is 49.8 Å². The second-order valence-electron chi connectivity index (χ2n) is 4.71. The zero-order valence-corrected chi connectivity index (χ0v) is 11.9. The molecule has 0 aliphatic carbocycles. The Balaban J connectivity index is 0.00000180. The summed E-state index contributed by atoms with van der Waals surface area (Å²) in [6, 6.07) is 7.12. The van der Waals surface area contributed by atoms with Crippen LogP contribution in [0.4, 0.5) is 0 Å². The lowest BCUT2D eigenvalue weighted by atomic mass is 10.1. The number of halogens is 1. The van der Waals surface area contributed by atoms with E-state index in [1.807, 2.05) is 12.1 Å². The summed E-state index contributed by atoms with van der Waals surface area (Å²) in [6.07, 6.45) is 2.54. The molecule has 1 aromatic carbocycles. The monoisotopic (exact) mass is 285 g/mol. The van der Waals surface area contributed by atoms with Gasteiger partial charge in [0.25, 0.3) is 0 Å². The largest absolute Gasteiger partial charge is 0.478 e. The fourth-order valence-corrected chi connectivity index (χ4v) is 2.31. The van der Waals surface area contributed by atoms with E-state index in [-0.39, 0.29) is 12.4 Å². The molecule has 0 aromatic heterocycles. The Morgan fingerprint density at radius 2 is 1.89 bits per heavy atom. The van der Waals surface area contributed by atoms with Crippen molar-refractivity contribution >= 4 is 18.4 Å². The van der Waals surface area contributed by atoms with Gasteiger partial charge in [-0.25, -0.2) is 4.79 Å². The van der Waals surface area contributed by atoms with Crippen LogP contribution in [0, 0.1) is 0 Å². The molecule has 2 rings (SSSR count). The molecule has 1 aromatic rings. The van der Waals surface area contributed by atoms with Gasteiger partial charge in [0.05, 0.1) is 11.7 Å². The summed E-state index contributed by atoms with van der Waals surface area (Å²) in [4.78, 5) is 13.1. The molecule has 1 aliphatic heterocycles. The van der Waals surface area contributed by atoms with E-state index in [2.05, 4.69) is 4.90 Å². The molecule has 4 nitrogen and oxygen atoms in total. The summed E-state index contributed by atoms with van der Waals surface area (Å²) in [6.45, 7) is 2.97. The van der Waals surface area contributed by atoms with E-state index in [4.69, 9.17) is 9.84 Å². The average molecular weight is 286 g/mol. The number of aromatic carboxylic acids is 1. The predicted molar refractivity (Wildman–Crippen MR) is 76.0 cm³/mol. The van der Waals surface area contributed by atoms with Crippen LogP contribution < -0.4 is 0 Å². The van der Waals surface area contributed by atoms with Gasteiger partial charge in [-0.15, -0.1) is 12.4 Å². The van der Waals surface area contributed by atoms with Crippen LogP contribution in [-0.4, -0.2) is 42.3 Å². The minimum atomic E-state index is -0.873. The molecular formula is C14H20ClNO3. The lowest BCUT2D eigenvalue weighted by molar-refractivity contribution is 0.0388. The third-order valence-electron chi connectivity index (χ3n) is 3.48. The molecule has 0 bridgehead atoms. The molecule has 0 atom stereocenters. The third kappa shape index (κ3) is 4.49. The van der Waals surface area contributed by atoms with E-state index < -0.39 is 5.97 Å². The van der Waals surface area contributed by atoms with Crippen LogP contribution in [0.2, 0.25) is 0 Å². The van der Waals surface area contributed by atoms with Crippen molar-refractivity contribution in [2.24, 2.45) is 0 Å². The number of methoxy groups -OCH3 is 1. The van der Waals surface area contributed by atoms with Gasteiger partial charge in [0.1, 0.15) is 0 Å². The Morgan fingerprint density at radius 3 is 2.37 bits per heavy atom. The minimum absolute atomic E-state index is 0. The van der Waals surface area contributed by atoms with Crippen molar-refractivity contribution in [1.29, 1.82) is 0 Å². The van der Waals surface area contributed by atoms with Crippen LogP contribution in [0.1, 0.15) is 28.8 Å². The van der Waals surface area contributed by atoms with Gasteiger partial charge in [0.15, 0.2) is 0 Å². The lowest BCUT2D eigenvalue weighted by Crippen LogP contribution is -2.36. The highest BCUT2D eigenvalue weighted by Gasteiger charge is 2.18. The van der Waals surface area contributed by atoms with Gasteiger partial charge in [-0.3, -0.25) is 4.90 Å². The number of ether oxygens (including phenoxy) is 1. The van der Waals surface area contributed by atoms with Gasteiger partial charge in [-0.05, 0) is 30.5 Å². The van der Waals surface area contributed by atoms with Crippen molar-refractivity contribution in [3.63, 3.8) is 0 Å². The van der Waals surface area contributed by atoms with Gasteiger partial charge in [-0.2, -0.15) is 0 Å². The van der Waals surface area contributed by atoms with Crippen molar-refractivity contribution < 1.29 is 14.6 Å². The second kappa shape index (κ2) is 7.48. The predicted octanol–water partition coefficient (Wildman–Crippen LogP) is 2.42. The number of carboxylic acid groups (broad SMARTS) is 1. The number of carbonyl (C=O) groups is 1. The number of rotatable bonds is 4. The Morgan fingerprint density at radius 1 is 1.32 bits per heavy atom. The maximum Gasteiger partial charge on any atom is 0.335 e. The van der Waals surface area contributed by atoms with E-state index in [9.17, 15) is 4.79 Å². The quantitative estimate of drug-likeness (QED) is 0.923. The van der Waals surface area contributed by atoms with Crippen molar-refractivity contribution in [3.8, 4) is 0 Å². The number of hydrogen-bond acceptors (Lipinski definition) is 3. The molecule has 1 aliphatic rings. The summed E-state index contributed by atoms with van der Waals surface area (Å²) in [5.41, 5.74) is 1.51. The van der Waals surface area contributed by atoms with E-state index in [0.29, 0.717) is 11.7 Å². The van der Waals surface area contributed by atoms with E-state index in [0.717, 1.165) is 38.0 Å². The van der Waals surface area contributed by atoms with E-state index >= 15 is 0 Å². The van der Waals surface area contributed by atoms with Crippen LogP contribution >= 0.6 is 12.4 Å². The molecule has 0 unspecified atom stereocenters. The first-order valence-corrected chi connectivity index (χ1v) is 6.26. The molecule has 0 spiro atoms. The Bertz CT molecular complexity index is 400. The first kappa shape index (κ1) is 16.0. The molecular weight excluding hydrogens is 266 g/mol. The number of likely N-dealkylation sites (tertiary alicyclic amines) is 1. The highest BCUT2D eigenvalue weighted by Crippen LogP contribution is 2.16. The molecule has 0 radical (unpaired) electrons.